The van der Waals surface area contributed by atoms with Crippen molar-refractivity contribution < 1.29 is 12.8 Å². The second-order valence-electron chi connectivity index (χ2n) is 4.32. The van der Waals surface area contributed by atoms with Crippen LogP contribution in [0.1, 0.15) is 11.5 Å². The van der Waals surface area contributed by atoms with E-state index in [1.54, 1.807) is 25.1 Å². The molecule has 0 radical (unpaired) electrons. The number of hydrogen-bond donors (Lipinski definition) is 0. The first-order valence-electron chi connectivity index (χ1n) is 5.78. The van der Waals surface area contributed by atoms with Gasteiger partial charge in [0.1, 0.15) is 16.4 Å². The van der Waals surface area contributed by atoms with Gasteiger partial charge in [-0.2, -0.15) is 4.31 Å². The molecule has 1 heterocycles. The van der Waals surface area contributed by atoms with E-state index >= 15 is 0 Å². The molecule has 4 nitrogen and oxygen atoms in total. The Hall–Kier alpha value is -1.01. The van der Waals surface area contributed by atoms with Crippen LogP contribution in [0.4, 0.5) is 0 Å². The van der Waals surface area contributed by atoms with Crippen LogP contribution in [0.25, 0.3) is 0 Å². The third-order valence-electron chi connectivity index (χ3n) is 2.76. The first-order valence-corrected chi connectivity index (χ1v) is 7.97. The second kappa shape index (κ2) is 5.77. The molecule has 2 aromatic rings. The lowest BCUT2D eigenvalue weighted by Gasteiger charge is -2.17. The largest absolute Gasteiger partial charge is 0.465 e. The van der Waals surface area contributed by atoms with Gasteiger partial charge in [0, 0.05) is 7.05 Å². The summed E-state index contributed by atoms with van der Waals surface area (Å²) in [6, 6.07) is 8.09. The molecule has 0 atom stereocenters. The van der Waals surface area contributed by atoms with Gasteiger partial charge in [0.25, 0.3) is 0 Å². The van der Waals surface area contributed by atoms with Crippen molar-refractivity contribution >= 4 is 33.2 Å². The molecule has 0 spiro atoms. The summed E-state index contributed by atoms with van der Waals surface area (Å²) >= 11 is 11.9. The summed E-state index contributed by atoms with van der Waals surface area (Å²) in [7, 11) is -2.33. The van der Waals surface area contributed by atoms with Gasteiger partial charge in [-0.25, -0.2) is 8.42 Å². The first-order chi connectivity index (χ1) is 9.32. The Morgan fingerprint density at radius 1 is 1.15 bits per heavy atom. The van der Waals surface area contributed by atoms with E-state index in [-0.39, 0.29) is 21.5 Å². The van der Waals surface area contributed by atoms with Gasteiger partial charge >= 0.3 is 0 Å². The van der Waals surface area contributed by atoms with E-state index in [1.807, 2.05) is 0 Å². The summed E-state index contributed by atoms with van der Waals surface area (Å²) in [4.78, 5) is -0.0888. The molecule has 0 aliphatic rings. The molecule has 0 aliphatic heterocycles. The standard InChI is InChI=1S/C13H13Cl2NO3S/c1-9-6-7-10(19-9)8-16(2)20(17,18)13-11(14)4-3-5-12(13)15/h3-7H,8H2,1-2H3. The van der Waals surface area contributed by atoms with Gasteiger partial charge < -0.3 is 4.42 Å². The van der Waals surface area contributed by atoms with Crippen LogP contribution in [0.2, 0.25) is 10.0 Å². The van der Waals surface area contributed by atoms with Crippen molar-refractivity contribution in [1.82, 2.24) is 4.31 Å². The van der Waals surface area contributed by atoms with Gasteiger partial charge in [-0.15, -0.1) is 0 Å². The number of hydrogen-bond acceptors (Lipinski definition) is 3. The molecule has 1 aromatic carbocycles. The third kappa shape index (κ3) is 3.01. The van der Waals surface area contributed by atoms with Crippen LogP contribution in [0.15, 0.2) is 39.6 Å². The minimum absolute atomic E-state index is 0.0888. The van der Waals surface area contributed by atoms with E-state index < -0.39 is 10.0 Å². The molecule has 0 amide bonds. The summed E-state index contributed by atoms with van der Waals surface area (Å²) in [5.74, 6) is 1.28. The Balaban J connectivity index is 2.35. The van der Waals surface area contributed by atoms with Crippen molar-refractivity contribution in [2.45, 2.75) is 18.4 Å². The highest BCUT2D eigenvalue weighted by Crippen LogP contribution is 2.31. The average Bonchev–Trinajstić information content (AvgIpc) is 2.74. The summed E-state index contributed by atoms with van der Waals surface area (Å²) < 4.78 is 31.5. The van der Waals surface area contributed by atoms with Crippen molar-refractivity contribution in [2.75, 3.05) is 7.05 Å². The van der Waals surface area contributed by atoms with E-state index in [1.165, 1.54) is 19.2 Å². The lowest BCUT2D eigenvalue weighted by molar-refractivity contribution is 0.397. The van der Waals surface area contributed by atoms with Gasteiger partial charge in [-0.1, -0.05) is 29.3 Å². The number of nitrogens with zero attached hydrogens (tertiary/aromatic N) is 1. The first kappa shape index (κ1) is 15.4. The second-order valence-corrected chi connectivity index (χ2v) is 7.12. The van der Waals surface area contributed by atoms with Crippen molar-refractivity contribution in [1.29, 1.82) is 0 Å². The number of furan rings is 1. The number of aryl methyl sites for hydroxylation is 1. The van der Waals surface area contributed by atoms with Crippen molar-refractivity contribution in [3.8, 4) is 0 Å². The molecule has 108 valence electrons. The van der Waals surface area contributed by atoms with Crippen LogP contribution in [0, 0.1) is 6.92 Å². The highest BCUT2D eigenvalue weighted by molar-refractivity contribution is 7.89. The Morgan fingerprint density at radius 3 is 2.25 bits per heavy atom. The summed E-state index contributed by atoms with van der Waals surface area (Å²) in [6.07, 6.45) is 0. The maximum Gasteiger partial charge on any atom is 0.246 e. The molecule has 0 aliphatic carbocycles. The number of sulfonamides is 1. The number of rotatable bonds is 4. The molecule has 20 heavy (non-hydrogen) atoms. The smallest absolute Gasteiger partial charge is 0.246 e. The monoisotopic (exact) mass is 333 g/mol. The zero-order chi connectivity index (χ0) is 14.9. The Bertz CT molecular complexity index is 705. The quantitative estimate of drug-likeness (QED) is 0.856. The molecule has 0 N–H and O–H groups in total. The van der Waals surface area contributed by atoms with E-state index in [9.17, 15) is 8.42 Å². The summed E-state index contributed by atoms with van der Waals surface area (Å²) in [5, 5.41) is 0.194. The van der Waals surface area contributed by atoms with Gasteiger partial charge in [0.2, 0.25) is 10.0 Å². The van der Waals surface area contributed by atoms with Gasteiger partial charge in [0.15, 0.2) is 0 Å². The Kier molecular flexibility index (Phi) is 4.44. The highest BCUT2D eigenvalue weighted by atomic mass is 35.5. The van der Waals surface area contributed by atoms with Crippen molar-refractivity contribution in [2.24, 2.45) is 0 Å². The maximum atomic E-state index is 12.5. The van der Waals surface area contributed by atoms with E-state index in [2.05, 4.69) is 0 Å². The fraction of sp³-hybridized carbons (Fsp3) is 0.231. The molecular weight excluding hydrogens is 321 g/mol. The molecule has 0 saturated heterocycles. The van der Waals surface area contributed by atoms with Crippen LogP contribution in [0.5, 0.6) is 0 Å². The molecule has 0 unspecified atom stereocenters. The molecule has 0 saturated carbocycles. The molecule has 0 fully saturated rings. The zero-order valence-electron chi connectivity index (χ0n) is 10.9. The predicted octanol–water partition coefficient (Wildman–Crippen LogP) is 3.72. The molecule has 0 bridgehead atoms. The summed E-state index contributed by atoms with van der Waals surface area (Å²) in [5.41, 5.74) is 0. The van der Waals surface area contributed by atoms with Crippen LogP contribution in [-0.2, 0) is 16.6 Å². The molecular formula is C13H13Cl2NO3S. The lowest BCUT2D eigenvalue weighted by atomic mass is 10.4. The zero-order valence-corrected chi connectivity index (χ0v) is 13.3. The topological polar surface area (TPSA) is 50.5 Å². The molecule has 7 heteroatoms. The SMILES string of the molecule is Cc1ccc(CN(C)S(=O)(=O)c2c(Cl)cccc2Cl)o1. The fourth-order valence-corrected chi connectivity index (χ4v) is 3.98. The van der Waals surface area contributed by atoms with Gasteiger partial charge in [0.05, 0.1) is 16.6 Å². The number of halogens is 2. The van der Waals surface area contributed by atoms with Crippen LogP contribution in [0.3, 0.4) is 0 Å². The fourth-order valence-electron chi connectivity index (χ4n) is 1.76. The van der Waals surface area contributed by atoms with Gasteiger partial charge in [-0.3, -0.25) is 0 Å². The van der Waals surface area contributed by atoms with Crippen LogP contribution < -0.4 is 0 Å². The average molecular weight is 334 g/mol. The van der Waals surface area contributed by atoms with E-state index in [4.69, 9.17) is 27.6 Å². The van der Waals surface area contributed by atoms with E-state index in [0.29, 0.717) is 5.76 Å². The van der Waals surface area contributed by atoms with Crippen LogP contribution in [-0.4, -0.2) is 19.8 Å². The number of benzene rings is 1. The minimum atomic E-state index is -3.78. The normalized spacial score (nSPS) is 12.1. The van der Waals surface area contributed by atoms with Gasteiger partial charge in [-0.05, 0) is 31.2 Å². The Labute approximate surface area is 128 Å². The minimum Gasteiger partial charge on any atom is -0.465 e. The van der Waals surface area contributed by atoms with Crippen molar-refractivity contribution in [3.05, 3.63) is 51.9 Å². The maximum absolute atomic E-state index is 12.5. The Morgan fingerprint density at radius 2 is 1.75 bits per heavy atom. The third-order valence-corrected chi connectivity index (χ3v) is 5.52. The predicted molar refractivity (Wildman–Crippen MR) is 78.6 cm³/mol. The van der Waals surface area contributed by atoms with Crippen molar-refractivity contribution in [3.63, 3.8) is 0 Å². The summed E-state index contributed by atoms with van der Waals surface area (Å²) in [6.45, 7) is 1.90. The molecule has 1 aromatic heterocycles. The van der Waals surface area contributed by atoms with Crippen LogP contribution >= 0.6 is 23.2 Å². The highest BCUT2D eigenvalue weighted by Gasteiger charge is 2.27. The van der Waals surface area contributed by atoms with E-state index in [0.717, 1.165) is 10.1 Å². The molecule has 2 rings (SSSR count). The lowest BCUT2D eigenvalue weighted by Crippen LogP contribution is -2.26.